The topological polar surface area (TPSA) is 72.8 Å². The molecule has 0 aromatic rings. The number of unbranched alkanes of at least 4 members (excludes halogenated alkanes) is 21. The number of carbonyl (C=O) groups is 2. The van der Waals surface area contributed by atoms with Gasteiger partial charge in [-0.15, -0.1) is 0 Å². The van der Waals surface area contributed by atoms with Crippen LogP contribution in [-0.2, 0) is 19.1 Å². The molecule has 0 aromatic carbocycles. The van der Waals surface area contributed by atoms with Gasteiger partial charge in [-0.05, 0) is 51.4 Å². The molecule has 1 N–H and O–H groups in total. The number of aliphatic hydroxyl groups is 1. The fourth-order valence-electron chi connectivity index (χ4n) is 6.06. The average molecular weight is 727 g/mol. The van der Waals surface area contributed by atoms with Gasteiger partial charge < -0.3 is 14.6 Å². The van der Waals surface area contributed by atoms with E-state index >= 15 is 0 Å². The molecule has 52 heavy (non-hydrogen) atoms. The monoisotopic (exact) mass is 727 g/mol. The minimum atomic E-state index is -0.794. The van der Waals surface area contributed by atoms with Crippen molar-refractivity contribution in [3.63, 3.8) is 0 Å². The Hall–Kier alpha value is -2.40. The summed E-state index contributed by atoms with van der Waals surface area (Å²) in [5, 5.41) is 9.57. The highest BCUT2D eigenvalue weighted by Gasteiger charge is 2.16. The van der Waals surface area contributed by atoms with Crippen molar-refractivity contribution in [2.24, 2.45) is 0 Å². The minimum Gasteiger partial charge on any atom is -0.462 e. The Morgan fingerprint density at radius 3 is 1.23 bits per heavy atom. The molecule has 5 heteroatoms. The van der Waals surface area contributed by atoms with Crippen LogP contribution in [0.1, 0.15) is 206 Å². The fourth-order valence-corrected chi connectivity index (χ4v) is 6.06. The third-order valence-corrected chi connectivity index (χ3v) is 9.33. The highest BCUT2D eigenvalue weighted by Crippen LogP contribution is 2.15. The van der Waals surface area contributed by atoms with E-state index in [1.54, 1.807) is 0 Å². The molecule has 0 aromatic heterocycles. The zero-order valence-corrected chi connectivity index (χ0v) is 34.1. The molecule has 0 amide bonds. The van der Waals surface area contributed by atoms with Crippen LogP contribution in [0.25, 0.3) is 0 Å². The second-order valence-corrected chi connectivity index (χ2v) is 14.4. The lowest BCUT2D eigenvalue weighted by atomic mass is 10.0. The van der Waals surface area contributed by atoms with Crippen molar-refractivity contribution < 1.29 is 24.2 Å². The van der Waals surface area contributed by atoms with Gasteiger partial charge in [0.2, 0.25) is 0 Å². The van der Waals surface area contributed by atoms with Gasteiger partial charge in [0.05, 0.1) is 6.61 Å². The smallest absolute Gasteiger partial charge is 0.306 e. The number of hydrogen-bond acceptors (Lipinski definition) is 5. The van der Waals surface area contributed by atoms with Gasteiger partial charge in [0.1, 0.15) is 6.61 Å². The van der Waals surface area contributed by atoms with Crippen LogP contribution < -0.4 is 0 Å². The van der Waals surface area contributed by atoms with Crippen molar-refractivity contribution in [3.8, 4) is 0 Å². The maximum absolute atomic E-state index is 12.2. The molecule has 0 radical (unpaired) electrons. The molecule has 0 saturated heterocycles. The number of hydrogen-bond donors (Lipinski definition) is 1. The van der Waals surface area contributed by atoms with Crippen LogP contribution in [-0.4, -0.2) is 36.4 Å². The van der Waals surface area contributed by atoms with Crippen molar-refractivity contribution >= 4 is 11.9 Å². The van der Waals surface area contributed by atoms with Crippen LogP contribution in [0.5, 0.6) is 0 Å². The molecule has 0 aliphatic heterocycles. The third kappa shape index (κ3) is 40.4. The SMILES string of the molecule is CCC=CCC=CCC=CCC=CCC=CCCCC(=O)OC[C@H](CO)OC(=O)CCCCCCCCCCCCCCCCCCCCCCC. The predicted molar refractivity (Wildman–Crippen MR) is 223 cm³/mol. The first kappa shape index (κ1) is 49.6. The van der Waals surface area contributed by atoms with E-state index in [2.05, 4.69) is 74.6 Å². The zero-order chi connectivity index (χ0) is 37.8. The summed E-state index contributed by atoms with van der Waals surface area (Å²) in [7, 11) is 0. The number of rotatable bonds is 39. The molecule has 1 atom stereocenters. The molecular weight excluding hydrogens is 645 g/mol. The Balaban J connectivity index is 3.59. The number of carbonyl (C=O) groups excluding carboxylic acids is 2. The van der Waals surface area contributed by atoms with Crippen molar-refractivity contribution in [2.45, 2.75) is 213 Å². The van der Waals surface area contributed by atoms with Crippen LogP contribution in [0.15, 0.2) is 60.8 Å². The van der Waals surface area contributed by atoms with E-state index in [1.165, 1.54) is 116 Å². The van der Waals surface area contributed by atoms with E-state index in [1.807, 2.05) is 0 Å². The number of ether oxygens (including phenoxy) is 2. The second-order valence-electron chi connectivity index (χ2n) is 14.4. The van der Waals surface area contributed by atoms with E-state index < -0.39 is 6.10 Å². The number of esters is 2. The van der Waals surface area contributed by atoms with Gasteiger partial charge >= 0.3 is 11.9 Å². The Morgan fingerprint density at radius 1 is 0.462 bits per heavy atom. The summed E-state index contributed by atoms with van der Waals surface area (Å²) < 4.78 is 10.6. The Morgan fingerprint density at radius 2 is 0.827 bits per heavy atom. The van der Waals surface area contributed by atoms with Crippen molar-refractivity contribution in [1.82, 2.24) is 0 Å². The summed E-state index contributed by atoms with van der Waals surface area (Å²) in [5.41, 5.74) is 0. The van der Waals surface area contributed by atoms with Crippen LogP contribution in [0.2, 0.25) is 0 Å². The summed E-state index contributed by atoms with van der Waals surface area (Å²) in [6, 6.07) is 0. The molecule has 0 spiro atoms. The normalized spacial score (nSPS) is 12.8. The Labute approximate surface area is 321 Å². The van der Waals surface area contributed by atoms with Crippen molar-refractivity contribution in [1.29, 1.82) is 0 Å². The van der Waals surface area contributed by atoms with Gasteiger partial charge in [-0.3, -0.25) is 9.59 Å². The van der Waals surface area contributed by atoms with Gasteiger partial charge in [0.15, 0.2) is 6.10 Å². The predicted octanol–water partition coefficient (Wildman–Crippen LogP) is 14.0. The highest BCUT2D eigenvalue weighted by atomic mass is 16.6. The maximum Gasteiger partial charge on any atom is 0.306 e. The molecule has 0 rings (SSSR count). The largest absolute Gasteiger partial charge is 0.462 e. The van der Waals surface area contributed by atoms with E-state index in [-0.39, 0.29) is 25.2 Å². The number of allylic oxidation sites excluding steroid dienone is 10. The first-order chi connectivity index (χ1) is 25.6. The Bertz CT molecular complexity index is 915. The Kier molecular flexibility index (Phi) is 41.0. The summed E-state index contributed by atoms with van der Waals surface area (Å²) in [4.78, 5) is 24.3. The highest BCUT2D eigenvalue weighted by molar-refractivity contribution is 5.70. The second kappa shape index (κ2) is 43.0. The van der Waals surface area contributed by atoms with Crippen LogP contribution in [0, 0.1) is 0 Å². The van der Waals surface area contributed by atoms with Crippen molar-refractivity contribution in [3.05, 3.63) is 60.8 Å². The van der Waals surface area contributed by atoms with Gasteiger partial charge in [-0.25, -0.2) is 0 Å². The molecule has 0 aliphatic carbocycles. The summed E-state index contributed by atoms with van der Waals surface area (Å²) in [5.74, 6) is -0.655. The third-order valence-electron chi connectivity index (χ3n) is 9.33. The zero-order valence-electron chi connectivity index (χ0n) is 34.1. The summed E-state index contributed by atoms with van der Waals surface area (Å²) in [6.45, 7) is 3.99. The van der Waals surface area contributed by atoms with Crippen LogP contribution in [0.3, 0.4) is 0 Å². The van der Waals surface area contributed by atoms with Crippen molar-refractivity contribution in [2.75, 3.05) is 13.2 Å². The molecular formula is C47H82O5. The van der Waals surface area contributed by atoms with E-state index in [4.69, 9.17) is 9.47 Å². The molecule has 5 nitrogen and oxygen atoms in total. The maximum atomic E-state index is 12.2. The van der Waals surface area contributed by atoms with Crippen LogP contribution >= 0.6 is 0 Å². The standard InChI is InChI=1S/C47H82O5/c1-3-5-7-9-11-13-15-17-19-21-22-23-24-26-28-30-32-34-36-38-40-42-47(50)52-45(43-48)44-51-46(49)41-39-37-35-33-31-29-27-25-20-18-16-14-12-10-8-6-4-2/h6,8,12,14,18,20,27,29,33,35,45,48H,3-5,7,9-11,13,15-17,19,21-26,28,30-32,34,36-44H2,1-2H3/t45-/m0/s1. The molecule has 0 heterocycles. The van der Waals surface area contributed by atoms with Gasteiger partial charge in [-0.1, -0.05) is 203 Å². The summed E-state index contributed by atoms with van der Waals surface area (Å²) in [6.07, 6.45) is 55.9. The fraction of sp³-hybridized carbons (Fsp3) is 0.745. The molecule has 0 unspecified atom stereocenters. The summed E-state index contributed by atoms with van der Waals surface area (Å²) >= 11 is 0. The molecule has 0 bridgehead atoms. The first-order valence-corrected chi connectivity index (χ1v) is 21.8. The van der Waals surface area contributed by atoms with E-state index in [9.17, 15) is 14.7 Å². The molecule has 0 saturated carbocycles. The molecule has 300 valence electrons. The first-order valence-electron chi connectivity index (χ1n) is 21.8. The quantitative estimate of drug-likeness (QED) is 0.0388. The van der Waals surface area contributed by atoms with E-state index in [0.717, 1.165) is 57.8 Å². The lowest BCUT2D eigenvalue weighted by Gasteiger charge is -2.15. The average Bonchev–Trinajstić information content (AvgIpc) is 3.15. The van der Waals surface area contributed by atoms with Gasteiger partial charge in [0.25, 0.3) is 0 Å². The number of aliphatic hydroxyl groups excluding tert-OH is 1. The lowest BCUT2D eigenvalue weighted by Crippen LogP contribution is -2.28. The molecule has 0 fully saturated rings. The van der Waals surface area contributed by atoms with Gasteiger partial charge in [-0.2, -0.15) is 0 Å². The van der Waals surface area contributed by atoms with Gasteiger partial charge in [0, 0.05) is 12.8 Å². The van der Waals surface area contributed by atoms with Crippen LogP contribution in [0.4, 0.5) is 0 Å². The van der Waals surface area contributed by atoms with E-state index in [0.29, 0.717) is 19.3 Å². The molecule has 0 aliphatic rings. The minimum absolute atomic E-state index is 0.0952. The lowest BCUT2D eigenvalue weighted by molar-refractivity contribution is -0.161.